The number of ether oxygens (including phenoxy) is 2. The standard InChI is InChI=1S/C19H17N3O2S/c1-2-14-17(25-18(22-14)13-6-4-9-20-12-13)15-7-3-8-16(21-15)19-23-10-5-11-24-19/h2-4,6-9,12,19H,1,5,10-11H2. The second kappa shape index (κ2) is 7.23. The minimum absolute atomic E-state index is 0.397. The predicted molar refractivity (Wildman–Crippen MR) is 97.9 cm³/mol. The first-order valence-corrected chi connectivity index (χ1v) is 8.91. The molecule has 0 bridgehead atoms. The SMILES string of the molecule is C=Cc1nc(-c2cccnc2)sc1-c1cccc(C2OCCCO2)n1. The van der Waals surface area contributed by atoms with Crippen molar-refractivity contribution in [3.8, 4) is 21.1 Å². The summed E-state index contributed by atoms with van der Waals surface area (Å²) in [6, 6.07) is 9.77. The Morgan fingerprint density at radius 3 is 2.76 bits per heavy atom. The highest BCUT2D eigenvalue weighted by atomic mass is 32.1. The van der Waals surface area contributed by atoms with Gasteiger partial charge < -0.3 is 9.47 Å². The molecule has 0 aliphatic carbocycles. The number of thiazole rings is 1. The quantitative estimate of drug-likeness (QED) is 0.699. The van der Waals surface area contributed by atoms with Crippen LogP contribution in [0.15, 0.2) is 49.3 Å². The fourth-order valence-electron chi connectivity index (χ4n) is 2.63. The minimum Gasteiger partial charge on any atom is -0.347 e. The van der Waals surface area contributed by atoms with Gasteiger partial charge in [0, 0.05) is 18.0 Å². The Kier molecular flexibility index (Phi) is 4.65. The van der Waals surface area contributed by atoms with Crippen LogP contribution in [0.5, 0.6) is 0 Å². The van der Waals surface area contributed by atoms with E-state index in [0.29, 0.717) is 13.2 Å². The van der Waals surface area contributed by atoms with Crippen LogP contribution in [0.3, 0.4) is 0 Å². The van der Waals surface area contributed by atoms with Crippen molar-refractivity contribution in [1.82, 2.24) is 15.0 Å². The molecule has 3 aromatic heterocycles. The van der Waals surface area contributed by atoms with E-state index in [4.69, 9.17) is 14.5 Å². The van der Waals surface area contributed by atoms with Crippen LogP contribution >= 0.6 is 11.3 Å². The van der Waals surface area contributed by atoms with E-state index in [-0.39, 0.29) is 0 Å². The van der Waals surface area contributed by atoms with Crippen molar-refractivity contribution < 1.29 is 9.47 Å². The van der Waals surface area contributed by atoms with E-state index in [2.05, 4.69) is 16.5 Å². The zero-order valence-corrected chi connectivity index (χ0v) is 14.4. The molecule has 0 atom stereocenters. The largest absolute Gasteiger partial charge is 0.347 e. The summed E-state index contributed by atoms with van der Waals surface area (Å²) in [4.78, 5) is 14.6. The second-order valence-corrected chi connectivity index (χ2v) is 6.55. The van der Waals surface area contributed by atoms with Crippen molar-refractivity contribution in [2.45, 2.75) is 12.7 Å². The molecule has 0 N–H and O–H groups in total. The number of hydrogen-bond acceptors (Lipinski definition) is 6. The molecule has 1 saturated heterocycles. The first-order valence-electron chi connectivity index (χ1n) is 8.09. The molecule has 0 unspecified atom stereocenters. The Morgan fingerprint density at radius 2 is 2.00 bits per heavy atom. The summed E-state index contributed by atoms with van der Waals surface area (Å²) in [7, 11) is 0. The lowest BCUT2D eigenvalue weighted by molar-refractivity contribution is -0.185. The highest BCUT2D eigenvalue weighted by Crippen LogP contribution is 2.35. The zero-order valence-electron chi connectivity index (χ0n) is 13.6. The van der Waals surface area contributed by atoms with Gasteiger partial charge in [-0.3, -0.25) is 4.98 Å². The molecule has 4 heterocycles. The molecule has 4 rings (SSSR count). The van der Waals surface area contributed by atoms with Crippen molar-refractivity contribution in [3.63, 3.8) is 0 Å². The number of rotatable bonds is 4. The Balaban J connectivity index is 1.72. The van der Waals surface area contributed by atoms with Crippen LogP contribution < -0.4 is 0 Å². The average Bonchev–Trinajstić information content (AvgIpc) is 3.14. The van der Waals surface area contributed by atoms with Crippen molar-refractivity contribution in [3.05, 3.63) is 60.7 Å². The molecule has 0 radical (unpaired) electrons. The van der Waals surface area contributed by atoms with Gasteiger partial charge in [-0.2, -0.15) is 0 Å². The molecule has 0 spiro atoms. The first-order chi connectivity index (χ1) is 12.3. The fourth-order valence-corrected chi connectivity index (χ4v) is 3.66. The molecule has 3 aromatic rings. The molecule has 0 amide bonds. The number of hydrogen-bond donors (Lipinski definition) is 0. The number of nitrogens with zero attached hydrogens (tertiary/aromatic N) is 3. The molecule has 5 nitrogen and oxygen atoms in total. The number of aromatic nitrogens is 3. The maximum Gasteiger partial charge on any atom is 0.201 e. The maximum atomic E-state index is 5.66. The van der Waals surface area contributed by atoms with Crippen LogP contribution in [0, 0.1) is 0 Å². The van der Waals surface area contributed by atoms with Gasteiger partial charge in [0.2, 0.25) is 6.29 Å². The van der Waals surface area contributed by atoms with E-state index in [1.54, 1.807) is 23.6 Å². The smallest absolute Gasteiger partial charge is 0.201 e. The molecule has 6 heteroatoms. The van der Waals surface area contributed by atoms with E-state index in [1.165, 1.54) is 0 Å². The molecule has 1 fully saturated rings. The van der Waals surface area contributed by atoms with Gasteiger partial charge in [0.05, 0.1) is 35.2 Å². The van der Waals surface area contributed by atoms with Gasteiger partial charge >= 0.3 is 0 Å². The third-order valence-corrected chi connectivity index (χ3v) is 4.97. The molecule has 1 aliphatic rings. The minimum atomic E-state index is -0.397. The third kappa shape index (κ3) is 3.37. The lowest BCUT2D eigenvalue weighted by Crippen LogP contribution is -2.18. The van der Waals surface area contributed by atoms with Gasteiger partial charge in [0.15, 0.2) is 0 Å². The van der Waals surface area contributed by atoms with Crippen LogP contribution in [-0.4, -0.2) is 28.2 Å². The Morgan fingerprint density at radius 1 is 1.12 bits per heavy atom. The van der Waals surface area contributed by atoms with E-state index < -0.39 is 6.29 Å². The van der Waals surface area contributed by atoms with Crippen molar-refractivity contribution >= 4 is 17.4 Å². The first kappa shape index (κ1) is 16.1. The predicted octanol–water partition coefficient (Wildman–Crippen LogP) is 4.35. The third-order valence-electron chi connectivity index (χ3n) is 3.83. The molecular formula is C19H17N3O2S. The summed E-state index contributed by atoms with van der Waals surface area (Å²) in [5.41, 5.74) is 3.43. The summed E-state index contributed by atoms with van der Waals surface area (Å²) < 4.78 is 11.3. The monoisotopic (exact) mass is 351 g/mol. The maximum absolute atomic E-state index is 5.66. The lowest BCUT2D eigenvalue weighted by atomic mass is 10.2. The summed E-state index contributed by atoms with van der Waals surface area (Å²) in [6.45, 7) is 5.28. The topological polar surface area (TPSA) is 57.1 Å². The van der Waals surface area contributed by atoms with E-state index >= 15 is 0 Å². The van der Waals surface area contributed by atoms with Gasteiger partial charge in [-0.25, -0.2) is 9.97 Å². The molecule has 1 aliphatic heterocycles. The molecule has 0 saturated carbocycles. The molecular weight excluding hydrogens is 334 g/mol. The van der Waals surface area contributed by atoms with Gasteiger partial charge in [-0.05, 0) is 36.8 Å². The number of pyridine rings is 2. The van der Waals surface area contributed by atoms with E-state index in [9.17, 15) is 0 Å². The lowest BCUT2D eigenvalue weighted by Gasteiger charge is -2.22. The molecule has 126 valence electrons. The highest BCUT2D eigenvalue weighted by molar-refractivity contribution is 7.18. The van der Waals surface area contributed by atoms with Crippen molar-refractivity contribution in [1.29, 1.82) is 0 Å². The Labute approximate surface area is 150 Å². The normalized spacial score (nSPS) is 15.2. The average molecular weight is 351 g/mol. The van der Waals surface area contributed by atoms with Crippen LogP contribution in [-0.2, 0) is 9.47 Å². The van der Waals surface area contributed by atoms with Crippen LogP contribution in [0.25, 0.3) is 27.2 Å². The van der Waals surface area contributed by atoms with Crippen LogP contribution in [0.1, 0.15) is 24.1 Å². The van der Waals surface area contributed by atoms with Crippen molar-refractivity contribution in [2.24, 2.45) is 0 Å². The highest BCUT2D eigenvalue weighted by Gasteiger charge is 2.20. The van der Waals surface area contributed by atoms with Crippen LogP contribution in [0.2, 0.25) is 0 Å². The molecule has 25 heavy (non-hydrogen) atoms. The summed E-state index contributed by atoms with van der Waals surface area (Å²) in [5, 5.41) is 0.898. The Hall–Kier alpha value is -2.41. The summed E-state index contributed by atoms with van der Waals surface area (Å²) in [5.74, 6) is 0. The molecule has 0 aromatic carbocycles. The fraction of sp³-hybridized carbons (Fsp3) is 0.211. The summed E-state index contributed by atoms with van der Waals surface area (Å²) >= 11 is 1.58. The zero-order chi connectivity index (χ0) is 17.1. The van der Waals surface area contributed by atoms with Crippen LogP contribution in [0.4, 0.5) is 0 Å². The van der Waals surface area contributed by atoms with E-state index in [1.807, 2.05) is 36.5 Å². The van der Waals surface area contributed by atoms with E-state index in [0.717, 1.165) is 39.0 Å². The van der Waals surface area contributed by atoms with Gasteiger partial charge in [-0.15, -0.1) is 11.3 Å². The Bertz CT molecular complexity index is 873. The van der Waals surface area contributed by atoms with Gasteiger partial charge in [0.1, 0.15) is 5.01 Å². The second-order valence-electron chi connectivity index (χ2n) is 5.55. The van der Waals surface area contributed by atoms with Gasteiger partial charge in [-0.1, -0.05) is 12.6 Å². The summed E-state index contributed by atoms with van der Waals surface area (Å²) in [6.07, 6.45) is 5.84. The van der Waals surface area contributed by atoms with Gasteiger partial charge in [0.25, 0.3) is 0 Å². The van der Waals surface area contributed by atoms with Crippen molar-refractivity contribution in [2.75, 3.05) is 13.2 Å².